The lowest BCUT2D eigenvalue weighted by atomic mass is 10.7. The molecule has 1 aromatic rings. The van der Waals surface area contributed by atoms with Crippen molar-refractivity contribution >= 4 is 31.6 Å². The zero-order valence-electron chi connectivity index (χ0n) is 8.92. The molecule has 0 spiro atoms. The molecule has 1 heterocycles. The molecule has 0 fully saturated rings. The van der Waals surface area contributed by atoms with Gasteiger partial charge in [-0.1, -0.05) is 6.58 Å². The molecular weight excluding hydrogens is 267 g/mol. The van der Waals surface area contributed by atoms with E-state index in [1.54, 1.807) is 0 Å². The van der Waals surface area contributed by atoms with Gasteiger partial charge in [0.15, 0.2) is 0 Å². The Morgan fingerprint density at radius 1 is 1.17 bits per heavy atom. The smallest absolute Gasteiger partial charge is 0.368 e. The summed E-state index contributed by atoms with van der Waals surface area (Å²) in [6, 6.07) is 0. The fraction of sp³-hybridized carbons (Fsp3) is 0. The zero-order valence-corrected chi connectivity index (χ0v) is 9.82. The third-order valence-corrected chi connectivity index (χ3v) is 1.48. The molecule has 0 saturated carbocycles. The number of nitrogens with zero attached hydrogens (tertiary/aromatic N) is 3. The average molecular weight is 278 g/mol. The number of nitrogens with two attached hydrogens (primary N) is 3. The summed E-state index contributed by atoms with van der Waals surface area (Å²) in [5.74, 6) is -1.01. The fourth-order valence-corrected chi connectivity index (χ4v) is 0.891. The summed E-state index contributed by atoms with van der Waals surface area (Å²) in [4.78, 5) is 36.3. The SMILES string of the molecule is C=CC(=O)OP(=O)(O)O.Nc1nc(N)nc(N)n1. The molecule has 0 radical (unpaired) electrons. The second kappa shape index (κ2) is 6.49. The average Bonchev–Trinajstić information content (AvgIpc) is 2.13. The van der Waals surface area contributed by atoms with Crippen LogP contribution < -0.4 is 17.2 Å². The maximum Gasteiger partial charge on any atom is 0.527 e. The summed E-state index contributed by atoms with van der Waals surface area (Å²) in [6.07, 6.45) is 0.666. The first kappa shape index (κ1) is 15.8. The van der Waals surface area contributed by atoms with Crippen LogP contribution in [-0.2, 0) is 13.9 Å². The van der Waals surface area contributed by atoms with E-state index in [-0.39, 0.29) is 17.8 Å². The van der Waals surface area contributed by atoms with Gasteiger partial charge in [0.05, 0.1) is 0 Å². The van der Waals surface area contributed by atoms with Gasteiger partial charge in [-0.3, -0.25) is 9.79 Å². The standard InChI is InChI=1S/C3H6N6.C3H5O5P/c4-1-7-2(5)9-3(6)8-1;1-2-3(4)8-9(5,6)7/h(H6,4,5,6,7,8,9);2H,1H2,(H2,5,6,7). The molecule has 0 amide bonds. The lowest BCUT2D eigenvalue weighted by Gasteiger charge is -1.99. The Balaban J connectivity index is 0.000000321. The van der Waals surface area contributed by atoms with Crippen LogP contribution in [0.1, 0.15) is 0 Å². The molecule has 0 aromatic carbocycles. The molecule has 0 aliphatic heterocycles. The van der Waals surface area contributed by atoms with Gasteiger partial charge >= 0.3 is 13.8 Å². The Labute approximate surface area is 101 Å². The number of anilines is 3. The van der Waals surface area contributed by atoms with E-state index in [9.17, 15) is 9.36 Å². The van der Waals surface area contributed by atoms with Crippen molar-refractivity contribution in [3.05, 3.63) is 12.7 Å². The third-order valence-electron chi connectivity index (χ3n) is 1.06. The Hall–Kier alpha value is -2.23. The molecule has 0 aliphatic rings. The highest BCUT2D eigenvalue weighted by atomic mass is 31.2. The third kappa shape index (κ3) is 7.98. The Bertz CT molecular complexity index is 437. The number of hydrogen-bond donors (Lipinski definition) is 5. The summed E-state index contributed by atoms with van der Waals surface area (Å²) in [5.41, 5.74) is 15.4. The minimum atomic E-state index is -4.66. The van der Waals surface area contributed by atoms with Crippen LogP contribution in [0, 0.1) is 0 Å². The molecule has 0 bridgehead atoms. The van der Waals surface area contributed by atoms with Crippen molar-refractivity contribution in [3.63, 3.8) is 0 Å². The maximum atomic E-state index is 9.99. The summed E-state index contributed by atoms with van der Waals surface area (Å²) < 4.78 is 13.3. The van der Waals surface area contributed by atoms with Crippen LogP contribution in [-0.4, -0.2) is 30.7 Å². The number of phosphoric ester groups is 1. The first-order chi connectivity index (χ1) is 8.14. The van der Waals surface area contributed by atoms with Crippen LogP contribution in [0.5, 0.6) is 0 Å². The van der Waals surface area contributed by atoms with Gasteiger partial charge in [0.25, 0.3) is 0 Å². The molecule has 8 N–H and O–H groups in total. The maximum absolute atomic E-state index is 9.99. The van der Waals surface area contributed by atoms with E-state index in [1.807, 2.05) is 0 Å². The summed E-state index contributed by atoms with van der Waals surface area (Å²) in [7, 11) is -4.66. The summed E-state index contributed by atoms with van der Waals surface area (Å²) >= 11 is 0. The lowest BCUT2D eigenvalue weighted by molar-refractivity contribution is -0.130. The van der Waals surface area contributed by atoms with Gasteiger partial charge in [-0.25, -0.2) is 9.36 Å². The highest BCUT2D eigenvalue weighted by Crippen LogP contribution is 2.35. The first-order valence-corrected chi connectivity index (χ1v) is 5.61. The number of carbonyl (C=O) groups is 1. The van der Waals surface area contributed by atoms with E-state index in [1.165, 1.54) is 0 Å². The van der Waals surface area contributed by atoms with Gasteiger partial charge in [0.2, 0.25) is 17.8 Å². The van der Waals surface area contributed by atoms with E-state index < -0.39 is 13.8 Å². The lowest BCUT2D eigenvalue weighted by Crippen LogP contribution is -2.05. The van der Waals surface area contributed by atoms with E-state index in [0.29, 0.717) is 6.08 Å². The van der Waals surface area contributed by atoms with E-state index in [2.05, 4.69) is 26.1 Å². The zero-order chi connectivity index (χ0) is 14.3. The highest BCUT2D eigenvalue weighted by molar-refractivity contribution is 7.46. The fourth-order valence-electron chi connectivity index (χ4n) is 0.582. The summed E-state index contributed by atoms with van der Waals surface area (Å²) in [5, 5.41) is 0. The summed E-state index contributed by atoms with van der Waals surface area (Å²) in [6.45, 7) is 2.93. The predicted molar refractivity (Wildman–Crippen MR) is 61.4 cm³/mol. The molecule has 1 rings (SSSR count). The molecule has 18 heavy (non-hydrogen) atoms. The number of carbonyl (C=O) groups excluding carboxylic acids is 1. The van der Waals surface area contributed by atoms with Crippen LogP contribution >= 0.6 is 7.82 Å². The normalized spacial score (nSPS) is 9.89. The molecule has 1 aromatic heterocycles. The topological polar surface area (TPSA) is 201 Å². The van der Waals surface area contributed by atoms with Crippen LogP contribution in [0.3, 0.4) is 0 Å². The van der Waals surface area contributed by atoms with Gasteiger partial charge in [0, 0.05) is 6.08 Å². The first-order valence-electron chi connectivity index (χ1n) is 4.08. The molecule has 11 nitrogen and oxygen atoms in total. The van der Waals surface area contributed by atoms with Crippen LogP contribution in [0.4, 0.5) is 17.8 Å². The number of hydrogen-bond acceptors (Lipinski definition) is 9. The Morgan fingerprint density at radius 2 is 1.50 bits per heavy atom. The number of rotatable bonds is 2. The van der Waals surface area contributed by atoms with E-state index in [0.717, 1.165) is 0 Å². The molecule has 0 atom stereocenters. The molecule has 0 saturated heterocycles. The minimum Gasteiger partial charge on any atom is -0.368 e. The van der Waals surface area contributed by atoms with Crippen molar-refractivity contribution in [1.82, 2.24) is 15.0 Å². The van der Waals surface area contributed by atoms with Crippen molar-refractivity contribution in [2.24, 2.45) is 0 Å². The van der Waals surface area contributed by atoms with Gasteiger partial charge in [-0.15, -0.1) is 0 Å². The second-order valence-electron chi connectivity index (χ2n) is 2.52. The van der Waals surface area contributed by atoms with E-state index >= 15 is 0 Å². The van der Waals surface area contributed by atoms with Crippen LogP contribution in [0.15, 0.2) is 12.7 Å². The Morgan fingerprint density at radius 3 is 1.67 bits per heavy atom. The molecule has 12 heteroatoms. The van der Waals surface area contributed by atoms with Crippen LogP contribution in [0.25, 0.3) is 0 Å². The van der Waals surface area contributed by atoms with Crippen molar-refractivity contribution in [2.75, 3.05) is 17.2 Å². The number of phosphoric acid groups is 1. The van der Waals surface area contributed by atoms with Crippen molar-refractivity contribution < 1.29 is 23.7 Å². The van der Waals surface area contributed by atoms with Gasteiger partial charge in [-0.2, -0.15) is 15.0 Å². The minimum absolute atomic E-state index is 0.0417. The van der Waals surface area contributed by atoms with Crippen molar-refractivity contribution in [2.45, 2.75) is 0 Å². The van der Waals surface area contributed by atoms with E-state index in [4.69, 9.17) is 27.0 Å². The molecule has 0 unspecified atom stereocenters. The van der Waals surface area contributed by atoms with Crippen molar-refractivity contribution in [1.29, 1.82) is 0 Å². The Kier molecular flexibility index (Phi) is 5.69. The van der Waals surface area contributed by atoms with Crippen molar-refractivity contribution in [3.8, 4) is 0 Å². The van der Waals surface area contributed by atoms with Crippen LogP contribution in [0.2, 0.25) is 0 Å². The number of nitrogen functional groups attached to an aromatic ring is 3. The molecule has 100 valence electrons. The molecular formula is C6H11N6O5P. The predicted octanol–water partition coefficient (Wildman–Crippen LogP) is -1.57. The van der Waals surface area contributed by atoms with Gasteiger partial charge < -0.3 is 21.7 Å². The largest absolute Gasteiger partial charge is 0.527 e. The quantitative estimate of drug-likeness (QED) is 0.308. The monoisotopic (exact) mass is 278 g/mol. The second-order valence-corrected chi connectivity index (χ2v) is 3.68. The van der Waals surface area contributed by atoms with Gasteiger partial charge in [-0.05, 0) is 0 Å². The van der Waals surface area contributed by atoms with Gasteiger partial charge in [0.1, 0.15) is 0 Å². The molecule has 0 aliphatic carbocycles. The highest BCUT2D eigenvalue weighted by Gasteiger charge is 2.17. The number of aromatic nitrogens is 3.